The molecule has 0 amide bonds. The number of ether oxygens (including phenoxy) is 2. The highest BCUT2D eigenvalue weighted by Gasteiger charge is 2.15. The van der Waals surface area contributed by atoms with Crippen LogP contribution >= 0.6 is 11.6 Å². The lowest BCUT2D eigenvalue weighted by molar-refractivity contribution is -0.387. The van der Waals surface area contributed by atoms with Crippen LogP contribution in [-0.2, 0) is 0 Å². The van der Waals surface area contributed by atoms with Gasteiger partial charge in [-0.15, -0.1) is 4.98 Å². The number of rotatable bonds is 4. The standard InChI is InChI=1S/C10H6ClFN4O4/c1-19-9-13-8(11)14-10(15-9)20-5-2-3-7(16(17)18)6(12)4-5/h2-4H,1H3. The molecule has 1 heterocycles. The lowest BCUT2D eigenvalue weighted by atomic mass is 10.3. The molecule has 8 nitrogen and oxygen atoms in total. The second-order valence-electron chi connectivity index (χ2n) is 3.35. The third-order valence-corrected chi connectivity index (χ3v) is 2.24. The summed E-state index contributed by atoms with van der Waals surface area (Å²) in [6, 6.07) is 2.69. The van der Waals surface area contributed by atoms with Crippen LogP contribution in [-0.4, -0.2) is 27.0 Å². The normalized spacial score (nSPS) is 10.2. The number of nitro benzene ring substituents is 1. The highest BCUT2D eigenvalue weighted by atomic mass is 35.5. The number of benzene rings is 1. The largest absolute Gasteiger partial charge is 0.467 e. The van der Waals surface area contributed by atoms with E-state index in [-0.39, 0.29) is 23.1 Å². The van der Waals surface area contributed by atoms with E-state index >= 15 is 0 Å². The van der Waals surface area contributed by atoms with Gasteiger partial charge in [-0.1, -0.05) is 0 Å². The van der Waals surface area contributed by atoms with Crippen molar-refractivity contribution < 1.29 is 18.8 Å². The van der Waals surface area contributed by atoms with Gasteiger partial charge in [-0.3, -0.25) is 10.1 Å². The molecule has 0 fully saturated rings. The Morgan fingerprint density at radius 3 is 2.60 bits per heavy atom. The first-order valence-electron chi connectivity index (χ1n) is 5.07. The molecule has 20 heavy (non-hydrogen) atoms. The minimum Gasteiger partial charge on any atom is -0.467 e. The van der Waals surface area contributed by atoms with Crippen molar-refractivity contribution in [2.75, 3.05) is 7.11 Å². The molecule has 10 heteroatoms. The number of nitro groups is 1. The molecule has 0 N–H and O–H groups in total. The highest BCUT2D eigenvalue weighted by molar-refractivity contribution is 6.28. The highest BCUT2D eigenvalue weighted by Crippen LogP contribution is 2.25. The van der Waals surface area contributed by atoms with Gasteiger partial charge in [0, 0.05) is 12.1 Å². The molecule has 0 aliphatic heterocycles. The van der Waals surface area contributed by atoms with Gasteiger partial charge in [-0.05, 0) is 17.7 Å². The Labute approximate surface area is 116 Å². The molecule has 2 rings (SSSR count). The fourth-order valence-corrected chi connectivity index (χ4v) is 1.40. The molecule has 1 aromatic heterocycles. The van der Waals surface area contributed by atoms with Crippen molar-refractivity contribution in [1.29, 1.82) is 0 Å². The van der Waals surface area contributed by atoms with Crippen molar-refractivity contribution >= 4 is 17.3 Å². The summed E-state index contributed by atoms with van der Waals surface area (Å²) in [4.78, 5) is 20.6. The zero-order valence-electron chi connectivity index (χ0n) is 9.91. The number of nitrogens with zero attached hydrogens (tertiary/aromatic N) is 4. The third kappa shape index (κ3) is 3.06. The number of halogens is 2. The maximum atomic E-state index is 13.4. The Bertz CT molecular complexity index is 670. The van der Waals surface area contributed by atoms with E-state index in [9.17, 15) is 14.5 Å². The molecule has 0 aliphatic carbocycles. The monoisotopic (exact) mass is 300 g/mol. The minimum atomic E-state index is -1.04. The molecule has 0 unspecified atom stereocenters. The summed E-state index contributed by atoms with van der Waals surface area (Å²) in [5, 5.41) is 10.3. The van der Waals surface area contributed by atoms with Crippen molar-refractivity contribution in [2.45, 2.75) is 0 Å². The molecule has 1 aromatic carbocycles. The summed E-state index contributed by atoms with van der Waals surface area (Å²) >= 11 is 5.61. The topological polar surface area (TPSA) is 100 Å². The molecule has 0 atom stereocenters. The average molecular weight is 301 g/mol. The summed E-state index contributed by atoms with van der Waals surface area (Å²) in [5.74, 6) is -1.07. The first kappa shape index (κ1) is 13.9. The predicted octanol–water partition coefficient (Wildman–Crippen LogP) is 2.37. The van der Waals surface area contributed by atoms with Crippen molar-refractivity contribution in [3.63, 3.8) is 0 Å². The van der Waals surface area contributed by atoms with Crippen LogP contribution in [0.15, 0.2) is 18.2 Å². The Kier molecular flexibility index (Phi) is 3.89. The van der Waals surface area contributed by atoms with E-state index in [1.165, 1.54) is 13.2 Å². The molecule has 2 aromatic rings. The van der Waals surface area contributed by atoms with E-state index in [1.807, 2.05) is 0 Å². The number of aromatic nitrogens is 3. The summed E-state index contributed by atoms with van der Waals surface area (Å²) in [6.07, 6.45) is 0. The van der Waals surface area contributed by atoms with Gasteiger partial charge in [-0.2, -0.15) is 14.4 Å². The van der Waals surface area contributed by atoms with Crippen molar-refractivity contribution in [3.05, 3.63) is 39.4 Å². The smallest absolute Gasteiger partial charge is 0.329 e. The van der Waals surface area contributed by atoms with Crippen molar-refractivity contribution in [2.24, 2.45) is 0 Å². The predicted molar refractivity (Wildman–Crippen MR) is 64.5 cm³/mol. The van der Waals surface area contributed by atoms with Gasteiger partial charge in [-0.25, -0.2) is 0 Å². The average Bonchev–Trinajstić information content (AvgIpc) is 2.37. The fraction of sp³-hybridized carbons (Fsp3) is 0.100. The van der Waals surface area contributed by atoms with Gasteiger partial charge < -0.3 is 9.47 Å². The molecule has 0 bridgehead atoms. The van der Waals surface area contributed by atoms with Gasteiger partial charge in [0.05, 0.1) is 12.0 Å². The third-order valence-electron chi connectivity index (χ3n) is 2.07. The summed E-state index contributed by atoms with van der Waals surface area (Å²) in [7, 11) is 1.32. The lowest BCUT2D eigenvalue weighted by Gasteiger charge is -2.05. The summed E-state index contributed by atoms with van der Waals surface area (Å²) in [6.45, 7) is 0. The van der Waals surface area contributed by atoms with E-state index in [1.54, 1.807) is 0 Å². The molecule has 0 aliphatic rings. The van der Waals surface area contributed by atoms with E-state index in [0.717, 1.165) is 12.1 Å². The molecule has 0 saturated heterocycles. The van der Waals surface area contributed by atoms with Crippen LogP contribution in [0.1, 0.15) is 0 Å². The van der Waals surface area contributed by atoms with Crippen LogP contribution in [0.25, 0.3) is 0 Å². The maximum absolute atomic E-state index is 13.4. The van der Waals surface area contributed by atoms with Gasteiger partial charge in [0.15, 0.2) is 0 Å². The second kappa shape index (κ2) is 5.61. The van der Waals surface area contributed by atoms with E-state index in [4.69, 9.17) is 21.1 Å². The molecular formula is C10H6ClFN4O4. The summed E-state index contributed by atoms with van der Waals surface area (Å²) in [5.41, 5.74) is -0.663. The zero-order chi connectivity index (χ0) is 14.7. The van der Waals surface area contributed by atoms with E-state index in [0.29, 0.717) is 0 Å². The van der Waals surface area contributed by atoms with Gasteiger partial charge in [0.25, 0.3) is 0 Å². The molecule has 0 radical (unpaired) electrons. The van der Waals surface area contributed by atoms with Gasteiger partial charge in [0.1, 0.15) is 5.75 Å². The maximum Gasteiger partial charge on any atom is 0.329 e. The first-order valence-corrected chi connectivity index (χ1v) is 5.44. The Hall–Kier alpha value is -2.55. The second-order valence-corrected chi connectivity index (χ2v) is 3.68. The SMILES string of the molecule is COc1nc(Cl)nc(Oc2ccc([N+](=O)[O-])c(F)c2)n1. The Morgan fingerprint density at radius 1 is 1.30 bits per heavy atom. The van der Waals surface area contributed by atoms with Crippen LogP contribution in [0.2, 0.25) is 5.28 Å². The first-order chi connectivity index (χ1) is 9.49. The Balaban J connectivity index is 2.28. The minimum absolute atomic E-state index is 0.0302. The van der Waals surface area contributed by atoms with Gasteiger partial charge >= 0.3 is 17.7 Å². The van der Waals surface area contributed by atoms with Crippen LogP contribution in [0, 0.1) is 15.9 Å². The molecule has 0 saturated carbocycles. The van der Waals surface area contributed by atoms with E-state index < -0.39 is 16.4 Å². The number of hydrogen-bond acceptors (Lipinski definition) is 7. The zero-order valence-corrected chi connectivity index (χ0v) is 10.7. The molecule has 0 spiro atoms. The van der Waals surface area contributed by atoms with Gasteiger partial charge in [0.2, 0.25) is 11.1 Å². The van der Waals surface area contributed by atoms with Crippen molar-refractivity contribution in [1.82, 2.24) is 15.0 Å². The van der Waals surface area contributed by atoms with Crippen LogP contribution in [0.5, 0.6) is 17.8 Å². The van der Waals surface area contributed by atoms with Crippen LogP contribution in [0.4, 0.5) is 10.1 Å². The fourth-order valence-electron chi connectivity index (χ4n) is 1.26. The van der Waals surface area contributed by atoms with Crippen LogP contribution in [0.3, 0.4) is 0 Å². The summed E-state index contributed by atoms with van der Waals surface area (Å²) < 4.78 is 23.3. The number of methoxy groups -OCH3 is 1. The molecular weight excluding hydrogens is 295 g/mol. The quantitative estimate of drug-likeness (QED) is 0.631. The van der Waals surface area contributed by atoms with Crippen molar-refractivity contribution in [3.8, 4) is 17.8 Å². The van der Waals surface area contributed by atoms with Crippen LogP contribution < -0.4 is 9.47 Å². The van der Waals surface area contributed by atoms with E-state index in [2.05, 4.69) is 15.0 Å². The molecule has 104 valence electrons. The Morgan fingerprint density at radius 2 is 2.00 bits per heavy atom. The number of hydrogen-bond donors (Lipinski definition) is 0. The lowest BCUT2D eigenvalue weighted by Crippen LogP contribution is -1.99.